The summed E-state index contributed by atoms with van der Waals surface area (Å²) in [5.74, 6) is -0.0455. The van der Waals surface area contributed by atoms with Gasteiger partial charge in [0.25, 0.3) is 5.91 Å². The third-order valence-electron chi connectivity index (χ3n) is 3.62. The van der Waals surface area contributed by atoms with Gasteiger partial charge in [0.1, 0.15) is 11.6 Å². The Balaban J connectivity index is 1.39. The molecule has 1 aromatic heterocycles. The molecular formula is C17H11F2N3O3S2. The van der Waals surface area contributed by atoms with E-state index >= 15 is 0 Å². The van der Waals surface area contributed by atoms with E-state index in [0.717, 1.165) is 29.5 Å². The molecule has 1 aliphatic heterocycles. The van der Waals surface area contributed by atoms with Crippen LogP contribution in [-0.4, -0.2) is 22.9 Å². The van der Waals surface area contributed by atoms with Gasteiger partial charge < -0.3 is 9.47 Å². The second-order valence-corrected chi connectivity index (χ2v) is 7.62. The van der Waals surface area contributed by atoms with E-state index in [-0.39, 0.29) is 24.0 Å². The van der Waals surface area contributed by atoms with Crippen molar-refractivity contribution in [3.05, 3.63) is 59.2 Å². The Morgan fingerprint density at radius 2 is 2.00 bits per heavy atom. The van der Waals surface area contributed by atoms with Gasteiger partial charge in [-0.15, -0.1) is 10.2 Å². The van der Waals surface area contributed by atoms with Crippen molar-refractivity contribution in [2.75, 3.05) is 12.1 Å². The quantitative estimate of drug-likeness (QED) is 0.507. The van der Waals surface area contributed by atoms with Crippen LogP contribution >= 0.6 is 23.1 Å². The maximum absolute atomic E-state index is 13.6. The molecule has 2 aromatic carbocycles. The standard InChI is InChI=1S/C17H11F2N3O3S2/c18-11-2-3-12(19)10(5-11)7-26-17-22-21-16(27-17)20-15(23)9-1-4-13-14(6-9)25-8-24-13/h1-6H,7-8H2,(H,20,21,23). The number of hydrogen-bond acceptors (Lipinski definition) is 7. The average molecular weight is 407 g/mol. The number of hydrogen-bond donors (Lipinski definition) is 1. The Morgan fingerprint density at radius 1 is 1.15 bits per heavy atom. The molecule has 27 heavy (non-hydrogen) atoms. The number of benzene rings is 2. The lowest BCUT2D eigenvalue weighted by molar-refractivity contribution is 0.102. The van der Waals surface area contributed by atoms with E-state index in [1.165, 1.54) is 11.8 Å². The van der Waals surface area contributed by atoms with Gasteiger partial charge in [-0.05, 0) is 36.4 Å². The highest BCUT2D eigenvalue weighted by Crippen LogP contribution is 2.33. The zero-order valence-corrected chi connectivity index (χ0v) is 15.2. The predicted octanol–water partition coefficient (Wildman–Crippen LogP) is 4.09. The molecule has 0 saturated heterocycles. The Hall–Kier alpha value is -2.72. The lowest BCUT2D eigenvalue weighted by Crippen LogP contribution is -2.11. The van der Waals surface area contributed by atoms with Gasteiger partial charge in [0.2, 0.25) is 11.9 Å². The van der Waals surface area contributed by atoms with Crippen LogP contribution in [-0.2, 0) is 5.75 Å². The van der Waals surface area contributed by atoms with E-state index < -0.39 is 11.6 Å². The summed E-state index contributed by atoms with van der Waals surface area (Å²) in [5.41, 5.74) is 0.631. The molecule has 0 saturated carbocycles. The molecule has 6 nitrogen and oxygen atoms in total. The number of carbonyl (C=O) groups excluding carboxylic acids is 1. The lowest BCUT2D eigenvalue weighted by Gasteiger charge is -2.02. The molecule has 138 valence electrons. The number of ether oxygens (including phenoxy) is 2. The molecular weight excluding hydrogens is 396 g/mol. The van der Waals surface area contributed by atoms with Gasteiger partial charge in [-0.1, -0.05) is 23.1 Å². The molecule has 10 heteroatoms. The van der Waals surface area contributed by atoms with Crippen LogP contribution in [0, 0.1) is 11.6 Å². The van der Waals surface area contributed by atoms with Crippen LogP contribution < -0.4 is 14.8 Å². The van der Waals surface area contributed by atoms with Crippen molar-refractivity contribution in [3.63, 3.8) is 0 Å². The largest absolute Gasteiger partial charge is 0.454 e. The summed E-state index contributed by atoms with van der Waals surface area (Å²) >= 11 is 2.35. The number of rotatable bonds is 5. The van der Waals surface area contributed by atoms with Crippen molar-refractivity contribution < 1.29 is 23.0 Å². The van der Waals surface area contributed by atoms with Gasteiger partial charge in [-0.25, -0.2) is 8.78 Å². The molecule has 0 aliphatic carbocycles. The van der Waals surface area contributed by atoms with Crippen molar-refractivity contribution in [1.29, 1.82) is 0 Å². The minimum Gasteiger partial charge on any atom is -0.454 e. The van der Waals surface area contributed by atoms with Gasteiger partial charge in [0.05, 0.1) is 0 Å². The number of carbonyl (C=O) groups is 1. The maximum atomic E-state index is 13.6. The number of aromatic nitrogens is 2. The fourth-order valence-corrected chi connectivity index (χ4v) is 4.04. The third kappa shape index (κ3) is 4.01. The second kappa shape index (κ2) is 7.49. The van der Waals surface area contributed by atoms with Crippen molar-refractivity contribution in [2.24, 2.45) is 0 Å². The van der Waals surface area contributed by atoms with E-state index in [1.54, 1.807) is 18.2 Å². The summed E-state index contributed by atoms with van der Waals surface area (Å²) in [7, 11) is 0. The van der Waals surface area contributed by atoms with E-state index in [0.29, 0.717) is 26.5 Å². The smallest absolute Gasteiger partial charge is 0.257 e. The SMILES string of the molecule is O=C(Nc1nnc(SCc2cc(F)ccc2F)s1)c1ccc2c(c1)OCO2. The molecule has 1 N–H and O–H groups in total. The second-order valence-electron chi connectivity index (χ2n) is 5.42. The van der Waals surface area contributed by atoms with Crippen LogP contribution in [0.25, 0.3) is 0 Å². The van der Waals surface area contributed by atoms with Gasteiger partial charge in [0.15, 0.2) is 15.8 Å². The fourth-order valence-electron chi connectivity index (χ4n) is 2.32. The Labute approximate surface area is 160 Å². The molecule has 0 bridgehead atoms. The van der Waals surface area contributed by atoms with E-state index in [9.17, 15) is 13.6 Å². The molecule has 0 atom stereocenters. The normalized spacial score (nSPS) is 12.2. The zero-order chi connectivity index (χ0) is 18.8. The summed E-state index contributed by atoms with van der Waals surface area (Å²) in [5, 5.41) is 10.8. The summed E-state index contributed by atoms with van der Waals surface area (Å²) in [4.78, 5) is 12.3. The number of fused-ring (bicyclic) bond motifs is 1. The zero-order valence-electron chi connectivity index (χ0n) is 13.6. The number of nitrogens with zero attached hydrogens (tertiary/aromatic N) is 2. The van der Waals surface area contributed by atoms with Crippen LogP contribution in [0.1, 0.15) is 15.9 Å². The molecule has 0 fully saturated rings. The first-order valence-electron chi connectivity index (χ1n) is 7.70. The van der Waals surface area contributed by atoms with Crippen molar-refractivity contribution in [1.82, 2.24) is 10.2 Å². The third-order valence-corrected chi connectivity index (χ3v) is 5.64. The summed E-state index contributed by atoms with van der Waals surface area (Å²) in [6.07, 6.45) is 0. The topological polar surface area (TPSA) is 73.3 Å². The summed E-state index contributed by atoms with van der Waals surface area (Å²) in [6.45, 7) is 0.128. The molecule has 1 amide bonds. The number of anilines is 1. The van der Waals surface area contributed by atoms with Crippen LogP contribution in [0.3, 0.4) is 0 Å². The minimum atomic E-state index is -0.499. The highest BCUT2D eigenvalue weighted by atomic mass is 32.2. The molecule has 2 heterocycles. The Bertz CT molecular complexity index is 1010. The predicted molar refractivity (Wildman–Crippen MR) is 96.3 cm³/mol. The first-order chi connectivity index (χ1) is 13.1. The highest BCUT2D eigenvalue weighted by Gasteiger charge is 2.17. The maximum Gasteiger partial charge on any atom is 0.257 e. The van der Waals surface area contributed by atoms with E-state index in [2.05, 4.69) is 15.5 Å². The van der Waals surface area contributed by atoms with Crippen LogP contribution in [0.2, 0.25) is 0 Å². The van der Waals surface area contributed by atoms with E-state index in [4.69, 9.17) is 9.47 Å². The monoisotopic (exact) mass is 407 g/mol. The first kappa shape index (κ1) is 17.7. The molecule has 0 radical (unpaired) electrons. The van der Waals surface area contributed by atoms with Crippen molar-refractivity contribution in [3.8, 4) is 11.5 Å². The molecule has 0 unspecified atom stereocenters. The molecule has 0 spiro atoms. The molecule has 4 rings (SSSR count). The highest BCUT2D eigenvalue weighted by molar-refractivity contribution is 8.00. The number of thioether (sulfide) groups is 1. The average Bonchev–Trinajstić information content (AvgIpc) is 3.30. The summed E-state index contributed by atoms with van der Waals surface area (Å²) in [6, 6.07) is 8.16. The van der Waals surface area contributed by atoms with E-state index in [1.807, 2.05) is 0 Å². The number of amides is 1. The van der Waals surface area contributed by atoms with Gasteiger partial charge in [0, 0.05) is 16.9 Å². The van der Waals surface area contributed by atoms with Gasteiger partial charge >= 0.3 is 0 Å². The number of nitrogens with one attached hydrogen (secondary N) is 1. The summed E-state index contributed by atoms with van der Waals surface area (Å²) < 4.78 is 37.8. The number of halogens is 2. The van der Waals surface area contributed by atoms with Crippen LogP contribution in [0.5, 0.6) is 11.5 Å². The first-order valence-corrected chi connectivity index (χ1v) is 9.50. The van der Waals surface area contributed by atoms with Crippen LogP contribution in [0.15, 0.2) is 40.7 Å². The fraction of sp³-hybridized carbons (Fsp3) is 0.118. The lowest BCUT2D eigenvalue weighted by atomic mass is 10.2. The van der Waals surface area contributed by atoms with Gasteiger partial charge in [-0.3, -0.25) is 10.1 Å². The minimum absolute atomic E-state index is 0.128. The van der Waals surface area contributed by atoms with Gasteiger partial charge in [-0.2, -0.15) is 0 Å². The van der Waals surface area contributed by atoms with Crippen LogP contribution in [0.4, 0.5) is 13.9 Å². The van der Waals surface area contributed by atoms with Crippen molar-refractivity contribution in [2.45, 2.75) is 10.1 Å². The molecule has 1 aliphatic rings. The Kier molecular flexibility index (Phi) is 4.90. The Morgan fingerprint density at radius 3 is 2.89 bits per heavy atom. The van der Waals surface area contributed by atoms with Crippen molar-refractivity contribution >= 4 is 34.1 Å². The molecule has 3 aromatic rings.